The van der Waals surface area contributed by atoms with Gasteiger partial charge in [0.05, 0.1) is 24.9 Å². The molecule has 2 atom stereocenters. The van der Waals surface area contributed by atoms with Crippen molar-refractivity contribution in [2.45, 2.75) is 65.3 Å². The number of carbonyl (C=O) groups excluding carboxylic acids is 1. The summed E-state index contributed by atoms with van der Waals surface area (Å²) in [6.07, 6.45) is 1.89. The highest BCUT2D eigenvalue weighted by atomic mass is 127. The molecule has 1 aromatic carbocycles. The Kier molecular flexibility index (Phi) is 9.71. The Morgan fingerprint density at radius 2 is 1.73 bits per heavy atom. The van der Waals surface area contributed by atoms with E-state index >= 15 is 0 Å². The number of aliphatic imine (C=N–C) groups is 1. The number of nitrogens with one attached hydrogen (secondary N) is 2. The number of ether oxygens (including phenoxy) is 1. The van der Waals surface area contributed by atoms with Gasteiger partial charge >= 0.3 is 0 Å². The standard InChI is InChI=1S/C24H35N5O3.HI/c1-16-14-29(15-17(2)31-16)22(30)19-9-7-18(8-10-19)11-27-23(25-6)28-13-21-26-12-20(32-21)24(3,4)5;/h7-10,12,16-17H,11,13-15H2,1-6H3,(H2,25,27,28);1H. The molecule has 1 aromatic heterocycles. The SMILES string of the molecule is CN=C(NCc1ccc(C(=O)N2CC(C)OC(C)C2)cc1)NCc1ncc(C(C)(C)C)o1.I. The molecule has 2 heterocycles. The van der Waals surface area contributed by atoms with Gasteiger partial charge in [0.2, 0.25) is 5.89 Å². The molecule has 1 amide bonds. The van der Waals surface area contributed by atoms with Crippen LogP contribution in [0.4, 0.5) is 0 Å². The Hall–Kier alpha value is -2.14. The molecule has 1 aliphatic rings. The van der Waals surface area contributed by atoms with Crippen LogP contribution in [0.25, 0.3) is 0 Å². The Morgan fingerprint density at radius 3 is 2.27 bits per heavy atom. The molecule has 1 saturated heterocycles. The summed E-state index contributed by atoms with van der Waals surface area (Å²) in [4.78, 5) is 23.2. The smallest absolute Gasteiger partial charge is 0.254 e. The van der Waals surface area contributed by atoms with Crippen LogP contribution in [0.3, 0.4) is 0 Å². The predicted octanol–water partition coefficient (Wildman–Crippen LogP) is 3.70. The van der Waals surface area contributed by atoms with E-state index in [0.29, 0.717) is 43.6 Å². The molecule has 2 N–H and O–H groups in total. The molecule has 1 fully saturated rings. The number of aromatic nitrogens is 1. The van der Waals surface area contributed by atoms with E-state index in [9.17, 15) is 4.79 Å². The number of morpholine rings is 1. The summed E-state index contributed by atoms with van der Waals surface area (Å²) in [5.74, 6) is 2.17. The maximum Gasteiger partial charge on any atom is 0.254 e. The second-order valence-corrected chi connectivity index (χ2v) is 9.31. The van der Waals surface area contributed by atoms with Gasteiger partial charge in [0, 0.05) is 37.7 Å². The quantitative estimate of drug-likeness (QED) is 0.324. The third-order valence-corrected chi connectivity index (χ3v) is 5.29. The number of rotatable bonds is 5. The second-order valence-electron chi connectivity index (χ2n) is 9.31. The van der Waals surface area contributed by atoms with E-state index in [1.54, 1.807) is 13.2 Å². The summed E-state index contributed by atoms with van der Waals surface area (Å²) in [5, 5.41) is 6.49. The third-order valence-electron chi connectivity index (χ3n) is 5.29. The lowest BCUT2D eigenvalue weighted by atomic mass is 9.94. The number of hydrogen-bond acceptors (Lipinski definition) is 5. The number of hydrogen-bond donors (Lipinski definition) is 2. The van der Waals surface area contributed by atoms with E-state index in [1.165, 1.54) is 0 Å². The van der Waals surface area contributed by atoms with Gasteiger partial charge in [-0.05, 0) is 31.5 Å². The van der Waals surface area contributed by atoms with Gasteiger partial charge in [-0.1, -0.05) is 32.9 Å². The van der Waals surface area contributed by atoms with Gasteiger partial charge in [-0.25, -0.2) is 4.98 Å². The van der Waals surface area contributed by atoms with Gasteiger partial charge in [0.1, 0.15) is 5.76 Å². The Morgan fingerprint density at radius 1 is 1.12 bits per heavy atom. The van der Waals surface area contributed by atoms with Crippen LogP contribution in [0.5, 0.6) is 0 Å². The van der Waals surface area contributed by atoms with Crippen LogP contribution in [-0.4, -0.2) is 54.1 Å². The number of oxazole rings is 1. The molecule has 0 spiro atoms. The summed E-state index contributed by atoms with van der Waals surface area (Å²) in [6, 6.07) is 7.68. The van der Waals surface area contributed by atoms with Crippen molar-refractivity contribution in [3.8, 4) is 0 Å². The summed E-state index contributed by atoms with van der Waals surface area (Å²) in [6.45, 7) is 12.5. The minimum absolute atomic E-state index is 0. The third kappa shape index (κ3) is 7.70. The van der Waals surface area contributed by atoms with Gasteiger partial charge in [0.15, 0.2) is 5.96 Å². The molecule has 9 heteroatoms. The van der Waals surface area contributed by atoms with E-state index in [2.05, 4.69) is 41.4 Å². The molecule has 33 heavy (non-hydrogen) atoms. The van der Waals surface area contributed by atoms with Gasteiger partial charge in [-0.15, -0.1) is 24.0 Å². The van der Waals surface area contributed by atoms with Crippen LogP contribution in [0.15, 0.2) is 39.9 Å². The van der Waals surface area contributed by atoms with Crippen LogP contribution in [-0.2, 0) is 23.2 Å². The lowest BCUT2D eigenvalue weighted by molar-refractivity contribution is -0.0586. The lowest BCUT2D eigenvalue weighted by Gasteiger charge is -2.35. The number of carbonyl (C=O) groups is 1. The van der Waals surface area contributed by atoms with Gasteiger partial charge in [-0.3, -0.25) is 9.79 Å². The molecule has 0 aliphatic carbocycles. The number of amides is 1. The summed E-state index contributed by atoms with van der Waals surface area (Å²) in [5.41, 5.74) is 1.67. The number of halogens is 1. The zero-order chi connectivity index (χ0) is 23.3. The highest BCUT2D eigenvalue weighted by Gasteiger charge is 2.26. The highest BCUT2D eigenvalue weighted by Crippen LogP contribution is 2.22. The Balaban J connectivity index is 0.00000385. The average Bonchev–Trinajstić information content (AvgIpc) is 3.23. The van der Waals surface area contributed by atoms with Gasteiger partial charge < -0.3 is 24.7 Å². The highest BCUT2D eigenvalue weighted by molar-refractivity contribution is 14.0. The van der Waals surface area contributed by atoms with Crippen molar-refractivity contribution in [1.82, 2.24) is 20.5 Å². The van der Waals surface area contributed by atoms with Crippen molar-refractivity contribution < 1.29 is 13.9 Å². The molecule has 0 radical (unpaired) electrons. The maximum absolute atomic E-state index is 12.8. The van der Waals surface area contributed by atoms with Crippen molar-refractivity contribution in [2.75, 3.05) is 20.1 Å². The Labute approximate surface area is 213 Å². The molecular formula is C24H36IN5O3. The van der Waals surface area contributed by atoms with Crippen LogP contribution in [0.2, 0.25) is 0 Å². The molecule has 2 unspecified atom stereocenters. The van der Waals surface area contributed by atoms with Gasteiger partial charge in [0.25, 0.3) is 5.91 Å². The van der Waals surface area contributed by atoms with Crippen LogP contribution >= 0.6 is 24.0 Å². The van der Waals surface area contributed by atoms with E-state index in [4.69, 9.17) is 9.15 Å². The van der Waals surface area contributed by atoms with Crippen molar-refractivity contribution in [3.63, 3.8) is 0 Å². The fourth-order valence-electron chi connectivity index (χ4n) is 3.60. The maximum atomic E-state index is 12.8. The first-order chi connectivity index (χ1) is 15.2. The monoisotopic (exact) mass is 569 g/mol. The second kappa shape index (κ2) is 11.8. The van der Waals surface area contributed by atoms with E-state index in [0.717, 1.165) is 11.3 Å². The largest absolute Gasteiger partial charge is 0.443 e. The minimum atomic E-state index is -0.0724. The van der Waals surface area contributed by atoms with E-state index < -0.39 is 0 Å². The first kappa shape index (κ1) is 27.1. The van der Waals surface area contributed by atoms with Crippen LogP contribution in [0, 0.1) is 0 Å². The first-order valence-corrected chi connectivity index (χ1v) is 11.1. The fraction of sp³-hybridized carbons (Fsp3) is 0.542. The van der Waals surface area contributed by atoms with Crippen molar-refractivity contribution in [3.05, 3.63) is 53.2 Å². The molecule has 182 valence electrons. The average molecular weight is 569 g/mol. The molecule has 3 rings (SSSR count). The molecule has 8 nitrogen and oxygen atoms in total. The number of nitrogens with zero attached hydrogens (tertiary/aromatic N) is 3. The van der Waals surface area contributed by atoms with E-state index in [1.807, 2.05) is 43.0 Å². The van der Waals surface area contributed by atoms with Crippen LogP contribution < -0.4 is 10.6 Å². The number of guanidine groups is 1. The number of benzene rings is 1. The van der Waals surface area contributed by atoms with Crippen molar-refractivity contribution >= 4 is 35.8 Å². The molecule has 1 aliphatic heterocycles. The normalized spacial score (nSPS) is 19.1. The van der Waals surface area contributed by atoms with Gasteiger partial charge in [-0.2, -0.15) is 0 Å². The molecule has 2 aromatic rings. The first-order valence-electron chi connectivity index (χ1n) is 11.1. The van der Waals surface area contributed by atoms with Crippen molar-refractivity contribution in [1.29, 1.82) is 0 Å². The van der Waals surface area contributed by atoms with Crippen LogP contribution in [0.1, 0.15) is 62.2 Å². The Bertz CT molecular complexity index is 926. The molecular weight excluding hydrogens is 533 g/mol. The predicted molar refractivity (Wildman–Crippen MR) is 140 cm³/mol. The zero-order valence-electron chi connectivity index (χ0n) is 20.3. The summed E-state index contributed by atoms with van der Waals surface area (Å²) < 4.78 is 11.5. The van der Waals surface area contributed by atoms with E-state index in [-0.39, 0.29) is 47.5 Å². The van der Waals surface area contributed by atoms with Crippen molar-refractivity contribution in [2.24, 2.45) is 4.99 Å². The minimum Gasteiger partial charge on any atom is -0.443 e. The topological polar surface area (TPSA) is 92.0 Å². The molecule has 0 bridgehead atoms. The summed E-state index contributed by atoms with van der Waals surface area (Å²) >= 11 is 0. The fourth-order valence-corrected chi connectivity index (χ4v) is 3.60. The zero-order valence-corrected chi connectivity index (χ0v) is 22.7. The lowest BCUT2D eigenvalue weighted by Crippen LogP contribution is -2.48. The summed E-state index contributed by atoms with van der Waals surface area (Å²) in [7, 11) is 1.72. The molecule has 0 saturated carbocycles.